The summed E-state index contributed by atoms with van der Waals surface area (Å²) in [4.78, 5) is 23.7. The number of rotatable bonds is 9. The molecule has 1 aliphatic carbocycles. The molecule has 3 rings (SSSR count). The molecule has 0 aromatic heterocycles. The zero-order valence-electron chi connectivity index (χ0n) is 16.4. The molecule has 0 saturated heterocycles. The van der Waals surface area contributed by atoms with Gasteiger partial charge in [-0.3, -0.25) is 9.59 Å². The number of Topliss-reactive ketones (excluding diaryl/α,β-unsaturated/α-hetero) is 1. The van der Waals surface area contributed by atoms with Crippen molar-refractivity contribution < 1.29 is 14.3 Å². The first-order valence-corrected chi connectivity index (χ1v) is 10.0. The van der Waals surface area contributed by atoms with Gasteiger partial charge in [0.15, 0.2) is 12.4 Å². The van der Waals surface area contributed by atoms with Gasteiger partial charge >= 0.3 is 0 Å². The van der Waals surface area contributed by atoms with Gasteiger partial charge < -0.3 is 15.4 Å². The maximum Gasteiger partial charge on any atom is 0.262 e. The third-order valence-corrected chi connectivity index (χ3v) is 5.11. The number of carbonyl (C=O) groups is 2. The van der Waals surface area contributed by atoms with Crippen LogP contribution in [0.5, 0.6) is 5.75 Å². The highest BCUT2D eigenvalue weighted by Gasteiger charge is 2.14. The molecule has 5 nitrogen and oxygen atoms in total. The fraction of sp³-hybridized carbons (Fsp3) is 0.391. The van der Waals surface area contributed by atoms with Crippen LogP contribution >= 0.6 is 0 Å². The maximum absolute atomic E-state index is 12.1. The third kappa shape index (κ3) is 5.84. The molecule has 5 heteroatoms. The summed E-state index contributed by atoms with van der Waals surface area (Å²) in [5.74, 6) is 1.21. The first kappa shape index (κ1) is 19.9. The third-order valence-electron chi connectivity index (χ3n) is 5.11. The summed E-state index contributed by atoms with van der Waals surface area (Å²) < 4.78 is 5.49. The SMILES string of the molecule is CCC(=O)c1ccc(OCC(=O)Nc2ccc(NCC3CCCC3)cc2)cc1. The lowest BCUT2D eigenvalue weighted by Gasteiger charge is -2.12. The summed E-state index contributed by atoms with van der Waals surface area (Å²) in [5.41, 5.74) is 2.47. The van der Waals surface area contributed by atoms with E-state index in [1.54, 1.807) is 24.3 Å². The van der Waals surface area contributed by atoms with Gasteiger partial charge in [0.25, 0.3) is 5.91 Å². The molecule has 0 heterocycles. The normalized spacial score (nSPS) is 13.9. The van der Waals surface area contributed by atoms with E-state index in [0.717, 1.165) is 23.8 Å². The molecule has 1 aliphatic rings. The van der Waals surface area contributed by atoms with E-state index in [1.807, 2.05) is 31.2 Å². The van der Waals surface area contributed by atoms with Crippen molar-refractivity contribution in [1.29, 1.82) is 0 Å². The summed E-state index contributed by atoms with van der Waals surface area (Å²) in [7, 11) is 0. The number of anilines is 2. The van der Waals surface area contributed by atoms with Crippen molar-refractivity contribution in [3.8, 4) is 5.75 Å². The van der Waals surface area contributed by atoms with Crippen molar-refractivity contribution in [1.82, 2.24) is 0 Å². The molecule has 2 aromatic carbocycles. The van der Waals surface area contributed by atoms with Crippen LogP contribution in [0.25, 0.3) is 0 Å². The predicted octanol–water partition coefficient (Wildman–Crippen LogP) is 4.90. The molecule has 0 atom stereocenters. The molecule has 0 unspecified atom stereocenters. The zero-order valence-corrected chi connectivity index (χ0v) is 16.4. The molecule has 2 aromatic rings. The summed E-state index contributed by atoms with van der Waals surface area (Å²) in [6.07, 6.45) is 5.80. The predicted molar refractivity (Wildman–Crippen MR) is 112 cm³/mol. The second-order valence-corrected chi connectivity index (χ2v) is 7.25. The lowest BCUT2D eigenvalue weighted by molar-refractivity contribution is -0.118. The Morgan fingerprint density at radius 3 is 2.25 bits per heavy atom. The average molecular weight is 380 g/mol. The van der Waals surface area contributed by atoms with E-state index in [9.17, 15) is 9.59 Å². The van der Waals surface area contributed by atoms with Crippen LogP contribution in [0, 0.1) is 5.92 Å². The second kappa shape index (κ2) is 9.93. The van der Waals surface area contributed by atoms with E-state index in [1.165, 1.54) is 25.7 Å². The van der Waals surface area contributed by atoms with E-state index in [0.29, 0.717) is 17.7 Å². The standard InChI is InChI=1S/C23H28N2O3/c1-2-22(26)18-7-13-21(14-8-18)28-16-23(27)25-20-11-9-19(10-12-20)24-15-17-5-3-4-6-17/h7-14,17,24H,2-6,15-16H2,1H3,(H,25,27). The minimum Gasteiger partial charge on any atom is -0.484 e. The Bertz CT molecular complexity index is 778. The molecule has 0 radical (unpaired) electrons. The van der Waals surface area contributed by atoms with E-state index in [2.05, 4.69) is 10.6 Å². The molecule has 1 amide bonds. The van der Waals surface area contributed by atoms with Gasteiger partial charge in [-0.25, -0.2) is 0 Å². The summed E-state index contributed by atoms with van der Waals surface area (Å²) in [5, 5.41) is 6.30. The monoisotopic (exact) mass is 380 g/mol. The molecule has 1 fully saturated rings. The Morgan fingerprint density at radius 2 is 1.61 bits per heavy atom. The largest absolute Gasteiger partial charge is 0.484 e. The lowest BCUT2D eigenvalue weighted by Crippen LogP contribution is -2.20. The molecular weight excluding hydrogens is 352 g/mol. The molecule has 1 saturated carbocycles. The first-order chi connectivity index (χ1) is 13.6. The van der Waals surface area contributed by atoms with E-state index in [-0.39, 0.29) is 18.3 Å². The van der Waals surface area contributed by atoms with Crippen molar-refractivity contribution in [2.75, 3.05) is 23.8 Å². The first-order valence-electron chi connectivity index (χ1n) is 10.0. The molecule has 2 N–H and O–H groups in total. The maximum atomic E-state index is 12.1. The van der Waals surface area contributed by atoms with Crippen molar-refractivity contribution in [3.63, 3.8) is 0 Å². The summed E-state index contributed by atoms with van der Waals surface area (Å²) >= 11 is 0. The Labute approximate surface area is 166 Å². The molecule has 148 valence electrons. The molecular formula is C23H28N2O3. The topological polar surface area (TPSA) is 67.4 Å². The van der Waals surface area contributed by atoms with Crippen LogP contribution in [-0.2, 0) is 4.79 Å². The number of amides is 1. The highest BCUT2D eigenvalue weighted by molar-refractivity contribution is 5.96. The lowest BCUT2D eigenvalue weighted by atomic mass is 10.1. The molecule has 0 aliphatic heterocycles. The number of nitrogens with one attached hydrogen (secondary N) is 2. The van der Waals surface area contributed by atoms with Gasteiger partial charge in [0.2, 0.25) is 0 Å². The minimum atomic E-state index is -0.222. The van der Waals surface area contributed by atoms with Crippen molar-refractivity contribution in [3.05, 3.63) is 54.1 Å². The fourth-order valence-electron chi connectivity index (χ4n) is 3.44. The van der Waals surface area contributed by atoms with Crippen LogP contribution in [0.3, 0.4) is 0 Å². The quantitative estimate of drug-likeness (QED) is 0.607. The van der Waals surface area contributed by atoms with Crippen LogP contribution in [0.2, 0.25) is 0 Å². The fourth-order valence-corrected chi connectivity index (χ4v) is 3.44. The van der Waals surface area contributed by atoms with Gasteiger partial charge in [0.1, 0.15) is 5.75 Å². The van der Waals surface area contributed by atoms with Crippen LogP contribution in [0.4, 0.5) is 11.4 Å². The van der Waals surface area contributed by atoms with Gasteiger partial charge in [-0.15, -0.1) is 0 Å². The molecule has 0 spiro atoms. The van der Waals surface area contributed by atoms with Crippen LogP contribution in [0.1, 0.15) is 49.4 Å². The zero-order chi connectivity index (χ0) is 19.8. The Hall–Kier alpha value is -2.82. The number of hydrogen-bond acceptors (Lipinski definition) is 4. The Morgan fingerprint density at radius 1 is 0.964 bits per heavy atom. The van der Waals surface area contributed by atoms with Gasteiger partial charge in [-0.1, -0.05) is 19.8 Å². The number of hydrogen-bond donors (Lipinski definition) is 2. The Kier molecular flexibility index (Phi) is 7.06. The number of carbonyl (C=O) groups excluding carboxylic acids is 2. The van der Waals surface area contributed by atoms with Gasteiger partial charge in [-0.05, 0) is 67.3 Å². The van der Waals surface area contributed by atoms with Crippen LogP contribution in [0.15, 0.2) is 48.5 Å². The van der Waals surface area contributed by atoms with E-state index >= 15 is 0 Å². The molecule has 28 heavy (non-hydrogen) atoms. The van der Waals surface area contributed by atoms with Crippen molar-refractivity contribution >= 4 is 23.1 Å². The van der Waals surface area contributed by atoms with Crippen LogP contribution < -0.4 is 15.4 Å². The number of ketones is 1. The smallest absolute Gasteiger partial charge is 0.262 e. The van der Waals surface area contributed by atoms with E-state index < -0.39 is 0 Å². The summed E-state index contributed by atoms with van der Waals surface area (Å²) in [6, 6.07) is 14.6. The van der Waals surface area contributed by atoms with Gasteiger partial charge in [0.05, 0.1) is 0 Å². The summed E-state index contributed by atoms with van der Waals surface area (Å²) in [6.45, 7) is 2.76. The molecule has 0 bridgehead atoms. The average Bonchev–Trinajstić information content (AvgIpc) is 3.25. The highest BCUT2D eigenvalue weighted by Crippen LogP contribution is 2.25. The highest BCUT2D eigenvalue weighted by atomic mass is 16.5. The number of ether oxygens (including phenoxy) is 1. The van der Waals surface area contributed by atoms with Crippen molar-refractivity contribution in [2.24, 2.45) is 5.92 Å². The van der Waals surface area contributed by atoms with Gasteiger partial charge in [0, 0.05) is 29.9 Å². The van der Waals surface area contributed by atoms with Crippen LogP contribution in [-0.4, -0.2) is 24.8 Å². The Balaban J connectivity index is 1.42. The second-order valence-electron chi connectivity index (χ2n) is 7.25. The van der Waals surface area contributed by atoms with Gasteiger partial charge in [-0.2, -0.15) is 0 Å². The minimum absolute atomic E-state index is 0.0806. The van der Waals surface area contributed by atoms with Crippen molar-refractivity contribution in [2.45, 2.75) is 39.0 Å². The number of benzene rings is 2. The van der Waals surface area contributed by atoms with E-state index in [4.69, 9.17) is 4.74 Å².